The van der Waals surface area contributed by atoms with Crippen molar-refractivity contribution < 1.29 is 33.6 Å². The summed E-state index contributed by atoms with van der Waals surface area (Å²) < 4.78 is 28.6. The van der Waals surface area contributed by atoms with E-state index in [1.54, 1.807) is 32.0 Å². The zero-order valence-electron chi connectivity index (χ0n) is 15.3. The average Bonchev–Trinajstić information content (AvgIpc) is 2.59. The number of aliphatic hydroxyl groups excluding tert-OH is 1. The van der Waals surface area contributed by atoms with E-state index in [4.69, 9.17) is 23.7 Å². The van der Waals surface area contributed by atoms with Gasteiger partial charge in [0.05, 0.1) is 13.7 Å². The van der Waals surface area contributed by atoms with E-state index in [9.17, 15) is 9.90 Å². The standard InChI is InChI=1S/C18H25NO7/c1-10(20)19-14-15(21)16-13(9-23-18(2,3)26-16)25-17(14)24-12-8-6-5-7-11(12)22-4/h5-8,13-17,21H,9H2,1-4H3,(H,19,20). The lowest BCUT2D eigenvalue weighted by molar-refractivity contribution is -0.361. The summed E-state index contributed by atoms with van der Waals surface area (Å²) in [6.07, 6.45) is -3.13. The van der Waals surface area contributed by atoms with Gasteiger partial charge in [0, 0.05) is 6.92 Å². The third-order valence-corrected chi connectivity index (χ3v) is 4.37. The first kappa shape index (κ1) is 18.9. The first-order valence-electron chi connectivity index (χ1n) is 8.53. The van der Waals surface area contributed by atoms with Crippen LogP contribution in [0.25, 0.3) is 0 Å². The first-order chi connectivity index (χ1) is 12.3. The Morgan fingerprint density at radius 3 is 2.65 bits per heavy atom. The number of carbonyl (C=O) groups is 1. The molecule has 144 valence electrons. The molecule has 0 radical (unpaired) electrons. The van der Waals surface area contributed by atoms with Crippen molar-refractivity contribution in [1.82, 2.24) is 5.32 Å². The SMILES string of the molecule is COc1ccccc1OC1OC2COC(C)(C)OC2C(O)C1NC(C)=O. The van der Waals surface area contributed by atoms with Crippen LogP contribution < -0.4 is 14.8 Å². The van der Waals surface area contributed by atoms with Gasteiger partial charge in [-0.05, 0) is 26.0 Å². The molecular formula is C18H25NO7. The molecule has 8 heteroatoms. The number of nitrogens with one attached hydrogen (secondary N) is 1. The number of ether oxygens (including phenoxy) is 5. The molecule has 2 saturated heterocycles. The van der Waals surface area contributed by atoms with E-state index in [-0.39, 0.29) is 12.5 Å². The molecule has 5 atom stereocenters. The number of methoxy groups -OCH3 is 1. The minimum absolute atomic E-state index is 0.243. The Hall–Kier alpha value is -1.87. The van der Waals surface area contributed by atoms with E-state index in [1.807, 2.05) is 6.07 Å². The van der Waals surface area contributed by atoms with Crippen molar-refractivity contribution in [2.75, 3.05) is 13.7 Å². The number of carbonyl (C=O) groups excluding carboxylic acids is 1. The maximum atomic E-state index is 11.6. The Labute approximate surface area is 152 Å². The van der Waals surface area contributed by atoms with Crippen LogP contribution >= 0.6 is 0 Å². The van der Waals surface area contributed by atoms with Gasteiger partial charge in [-0.25, -0.2) is 0 Å². The number of rotatable bonds is 4. The van der Waals surface area contributed by atoms with Crippen molar-refractivity contribution in [3.8, 4) is 11.5 Å². The number of fused-ring (bicyclic) bond motifs is 1. The number of para-hydroxylation sites is 2. The first-order valence-corrected chi connectivity index (χ1v) is 8.53. The van der Waals surface area contributed by atoms with Gasteiger partial charge >= 0.3 is 0 Å². The summed E-state index contributed by atoms with van der Waals surface area (Å²) in [4.78, 5) is 11.6. The van der Waals surface area contributed by atoms with Gasteiger partial charge in [0.2, 0.25) is 12.2 Å². The number of benzene rings is 1. The van der Waals surface area contributed by atoms with Gasteiger partial charge in [0.15, 0.2) is 17.3 Å². The largest absolute Gasteiger partial charge is 0.493 e. The lowest BCUT2D eigenvalue weighted by atomic mass is 9.95. The molecule has 0 bridgehead atoms. The molecule has 2 aliphatic rings. The monoisotopic (exact) mass is 367 g/mol. The fourth-order valence-corrected chi connectivity index (χ4v) is 3.17. The second-order valence-corrected chi connectivity index (χ2v) is 6.82. The van der Waals surface area contributed by atoms with E-state index >= 15 is 0 Å². The van der Waals surface area contributed by atoms with Gasteiger partial charge in [0.1, 0.15) is 24.4 Å². The highest BCUT2D eigenvalue weighted by atomic mass is 16.8. The minimum atomic E-state index is -1.03. The van der Waals surface area contributed by atoms with E-state index in [0.29, 0.717) is 11.5 Å². The van der Waals surface area contributed by atoms with Gasteiger partial charge in [0.25, 0.3) is 0 Å². The van der Waals surface area contributed by atoms with Crippen molar-refractivity contribution in [2.45, 2.75) is 57.2 Å². The number of hydrogen-bond donors (Lipinski definition) is 2. The van der Waals surface area contributed by atoms with Gasteiger partial charge in [-0.15, -0.1) is 0 Å². The Balaban J connectivity index is 1.84. The summed E-state index contributed by atoms with van der Waals surface area (Å²) in [7, 11) is 1.53. The maximum Gasteiger partial charge on any atom is 0.223 e. The van der Waals surface area contributed by atoms with Gasteiger partial charge in [-0.3, -0.25) is 4.79 Å². The fraction of sp³-hybridized carbons (Fsp3) is 0.611. The van der Waals surface area contributed by atoms with Crippen LogP contribution in [0, 0.1) is 0 Å². The molecule has 0 aromatic heterocycles. The summed E-state index contributed by atoms with van der Waals surface area (Å²) in [6, 6.07) is 6.27. The summed E-state index contributed by atoms with van der Waals surface area (Å²) in [5.74, 6) is -0.190. The van der Waals surface area contributed by atoms with Crippen molar-refractivity contribution in [3.05, 3.63) is 24.3 Å². The normalized spacial score (nSPS) is 33.0. The predicted molar refractivity (Wildman–Crippen MR) is 90.8 cm³/mol. The Kier molecular flexibility index (Phi) is 5.38. The third kappa shape index (κ3) is 3.93. The predicted octanol–water partition coefficient (Wildman–Crippen LogP) is 0.816. The van der Waals surface area contributed by atoms with Crippen LogP contribution in [0.2, 0.25) is 0 Å². The fourth-order valence-electron chi connectivity index (χ4n) is 3.17. The highest BCUT2D eigenvalue weighted by Gasteiger charge is 2.52. The molecule has 0 aliphatic carbocycles. The zero-order chi connectivity index (χ0) is 18.9. The second kappa shape index (κ2) is 7.40. The van der Waals surface area contributed by atoms with Crippen LogP contribution in [0.15, 0.2) is 24.3 Å². The van der Waals surface area contributed by atoms with Gasteiger partial charge in [-0.2, -0.15) is 0 Å². The summed E-state index contributed by atoms with van der Waals surface area (Å²) in [5, 5.41) is 13.5. The number of hydrogen-bond acceptors (Lipinski definition) is 7. The van der Waals surface area contributed by atoms with Crippen LogP contribution in [-0.4, -0.2) is 61.2 Å². The number of aliphatic hydroxyl groups is 1. The molecule has 1 amide bonds. The second-order valence-electron chi connectivity index (χ2n) is 6.82. The van der Waals surface area contributed by atoms with Crippen molar-refractivity contribution in [3.63, 3.8) is 0 Å². The molecule has 0 spiro atoms. The molecule has 2 N–H and O–H groups in total. The molecule has 2 fully saturated rings. The van der Waals surface area contributed by atoms with E-state index in [1.165, 1.54) is 14.0 Å². The summed E-state index contributed by atoms with van der Waals surface area (Å²) >= 11 is 0. The molecule has 1 aromatic rings. The Bertz CT molecular complexity index is 650. The lowest BCUT2D eigenvalue weighted by Crippen LogP contribution is -2.69. The van der Waals surface area contributed by atoms with E-state index in [2.05, 4.69) is 5.32 Å². The van der Waals surface area contributed by atoms with Crippen LogP contribution in [0.3, 0.4) is 0 Å². The third-order valence-electron chi connectivity index (χ3n) is 4.37. The van der Waals surface area contributed by atoms with Crippen LogP contribution in [0.4, 0.5) is 0 Å². The molecule has 5 unspecified atom stereocenters. The van der Waals surface area contributed by atoms with Crippen molar-refractivity contribution >= 4 is 5.91 Å². The Morgan fingerprint density at radius 2 is 2.00 bits per heavy atom. The molecule has 3 rings (SSSR count). The highest BCUT2D eigenvalue weighted by molar-refractivity contribution is 5.73. The molecule has 26 heavy (non-hydrogen) atoms. The topological polar surface area (TPSA) is 95.5 Å². The van der Waals surface area contributed by atoms with Gasteiger partial charge < -0.3 is 34.1 Å². The minimum Gasteiger partial charge on any atom is -0.493 e. The van der Waals surface area contributed by atoms with Crippen LogP contribution in [0.1, 0.15) is 20.8 Å². The smallest absolute Gasteiger partial charge is 0.223 e. The lowest BCUT2D eigenvalue weighted by Gasteiger charge is -2.49. The number of amides is 1. The maximum absolute atomic E-state index is 11.6. The quantitative estimate of drug-likeness (QED) is 0.813. The average molecular weight is 367 g/mol. The molecule has 2 heterocycles. The summed E-state index contributed by atoms with van der Waals surface area (Å²) in [5.41, 5.74) is 0. The highest BCUT2D eigenvalue weighted by Crippen LogP contribution is 2.35. The molecule has 2 aliphatic heterocycles. The van der Waals surface area contributed by atoms with Crippen LogP contribution in [0.5, 0.6) is 11.5 Å². The molecule has 0 saturated carbocycles. The Morgan fingerprint density at radius 1 is 1.31 bits per heavy atom. The molecule has 8 nitrogen and oxygen atoms in total. The molecule has 1 aromatic carbocycles. The van der Waals surface area contributed by atoms with Gasteiger partial charge in [-0.1, -0.05) is 12.1 Å². The molecular weight excluding hydrogens is 342 g/mol. The van der Waals surface area contributed by atoms with Crippen molar-refractivity contribution in [2.24, 2.45) is 0 Å². The van der Waals surface area contributed by atoms with Crippen molar-refractivity contribution in [1.29, 1.82) is 0 Å². The van der Waals surface area contributed by atoms with Crippen LogP contribution in [-0.2, 0) is 19.0 Å². The zero-order valence-corrected chi connectivity index (χ0v) is 15.3. The van der Waals surface area contributed by atoms with E-state index in [0.717, 1.165) is 0 Å². The summed E-state index contributed by atoms with van der Waals surface area (Å²) in [6.45, 7) is 5.14. The van der Waals surface area contributed by atoms with E-state index < -0.39 is 36.4 Å².